The number of ether oxygens (including phenoxy) is 1. The molecule has 0 bridgehead atoms. The van der Waals surface area contributed by atoms with Gasteiger partial charge in [-0.15, -0.1) is 0 Å². The summed E-state index contributed by atoms with van der Waals surface area (Å²) in [5, 5.41) is 10.9. The minimum absolute atomic E-state index is 0.0973. The SMILES string of the molecule is CCN(C(=O)COC(=O)c1cccc([N+](=O)[O-])c1C)C1=CCCC1. The Balaban J connectivity index is 2.04. The first-order valence-corrected chi connectivity index (χ1v) is 7.86. The maximum absolute atomic E-state index is 12.3. The molecule has 7 heteroatoms. The maximum Gasteiger partial charge on any atom is 0.339 e. The van der Waals surface area contributed by atoms with Gasteiger partial charge < -0.3 is 9.64 Å². The van der Waals surface area contributed by atoms with Crippen molar-refractivity contribution in [2.45, 2.75) is 33.1 Å². The molecule has 1 aromatic carbocycles. The number of nitro benzene ring substituents is 1. The van der Waals surface area contributed by atoms with Crippen molar-refractivity contribution in [1.82, 2.24) is 4.90 Å². The number of nitro groups is 1. The second-order valence-electron chi connectivity index (χ2n) is 5.51. The third-order valence-corrected chi connectivity index (χ3v) is 4.03. The van der Waals surface area contributed by atoms with Gasteiger partial charge in [-0.1, -0.05) is 12.1 Å². The van der Waals surface area contributed by atoms with Crippen LogP contribution in [0.5, 0.6) is 0 Å². The summed E-state index contributed by atoms with van der Waals surface area (Å²) in [5.41, 5.74) is 1.14. The number of rotatable bonds is 6. The average Bonchev–Trinajstić information content (AvgIpc) is 3.07. The predicted molar refractivity (Wildman–Crippen MR) is 87.4 cm³/mol. The van der Waals surface area contributed by atoms with Gasteiger partial charge in [0.15, 0.2) is 6.61 Å². The van der Waals surface area contributed by atoms with Gasteiger partial charge in [-0.3, -0.25) is 14.9 Å². The van der Waals surface area contributed by atoms with Gasteiger partial charge in [-0.05, 0) is 39.2 Å². The van der Waals surface area contributed by atoms with Gasteiger partial charge in [-0.2, -0.15) is 0 Å². The Morgan fingerprint density at radius 3 is 2.71 bits per heavy atom. The van der Waals surface area contributed by atoms with E-state index in [9.17, 15) is 19.7 Å². The number of amides is 1. The molecule has 7 nitrogen and oxygen atoms in total. The fourth-order valence-corrected chi connectivity index (χ4v) is 2.76. The average molecular weight is 332 g/mol. The molecular weight excluding hydrogens is 312 g/mol. The Hall–Kier alpha value is -2.70. The summed E-state index contributed by atoms with van der Waals surface area (Å²) >= 11 is 0. The van der Waals surface area contributed by atoms with Gasteiger partial charge in [-0.25, -0.2) is 4.79 Å². The van der Waals surface area contributed by atoms with Crippen molar-refractivity contribution in [1.29, 1.82) is 0 Å². The topological polar surface area (TPSA) is 89.8 Å². The molecule has 24 heavy (non-hydrogen) atoms. The Bertz CT molecular complexity index is 696. The van der Waals surface area contributed by atoms with Gasteiger partial charge in [0.05, 0.1) is 10.5 Å². The first kappa shape index (κ1) is 17.7. The van der Waals surface area contributed by atoms with Crippen LogP contribution in [0.25, 0.3) is 0 Å². The molecule has 2 rings (SSSR count). The number of hydrogen-bond acceptors (Lipinski definition) is 5. The number of benzene rings is 1. The lowest BCUT2D eigenvalue weighted by atomic mass is 10.1. The quantitative estimate of drug-likeness (QED) is 0.454. The molecule has 0 saturated heterocycles. The minimum Gasteiger partial charge on any atom is -0.452 e. The summed E-state index contributed by atoms with van der Waals surface area (Å²) in [6.07, 6.45) is 4.84. The Morgan fingerprint density at radius 2 is 2.12 bits per heavy atom. The molecule has 1 aromatic rings. The van der Waals surface area contributed by atoms with Crippen LogP contribution in [-0.2, 0) is 9.53 Å². The van der Waals surface area contributed by atoms with E-state index < -0.39 is 10.9 Å². The zero-order valence-electron chi connectivity index (χ0n) is 13.8. The number of carbonyl (C=O) groups is 2. The first-order valence-electron chi connectivity index (χ1n) is 7.86. The van der Waals surface area contributed by atoms with Crippen LogP contribution in [0.4, 0.5) is 5.69 Å². The van der Waals surface area contributed by atoms with E-state index in [1.165, 1.54) is 25.1 Å². The second kappa shape index (κ2) is 7.72. The predicted octanol–water partition coefficient (Wildman–Crippen LogP) is 2.98. The lowest BCUT2D eigenvalue weighted by Gasteiger charge is -2.22. The molecule has 0 aromatic heterocycles. The van der Waals surface area contributed by atoms with Crippen molar-refractivity contribution < 1.29 is 19.2 Å². The Morgan fingerprint density at radius 1 is 1.38 bits per heavy atom. The molecule has 1 amide bonds. The van der Waals surface area contributed by atoms with Crippen molar-refractivity contribution in [3.05, 3.63) is 51.2 Å². The van der Waals surface area contributed by atoms with E-state index in [4.69, 9.17) is 4.74 Å². The Kier molecular flexibility index (Phi) is 5.68. The summed E-state index contributed by atoms with van der Waals surface area (Å²) in [6.45, 7) is 3.48. The molecule has 128 valence electrons. The van der Waals surface area contributed by atoms with Crippen molar-refractivity contribution in [2.24, 2.45) is 0 Å². The molecule has 0 heterocycles. The zero-order valence-corrected chi connectivity index (χ0v) is 13.8. The van der Waals surface area contributed by atoms with Gasteiger partial charge in [0, 0.05) is 23.9 Å². The normalized spacial score (nSPS) is 13.3. The van der Waals surface area contributed by atoms with E-state index in [1.807, 2.05) is 13.0 Å². The third kappa shape index (κ3) is 3.79. The molecule has 0 aliphatic heterocycles. The van der Waals surface area contributed by atoms with Crippen LogP contribution < -0.4 is 0 Å². The summed E-state index contributed by atoms with van der Waals surface area (Å²) in [6, 6.07) is 4.19. The van der Waals surface area contributed by atoms with Gasteiger partial charge in [0.2, 0.25) is 0 Å². The molecule has 0 N–H and O–H groups in total. The number of likely N-dealkylation sites (N-methyl/N-ethyl adjacent to an activating group) is 1. The molecular formula is C17H20N2O5. The highest BCUT2D eigenvalue weighted by Crippen LogP contribution is 2.23. The summed E-state index contributed by atoms with van der Waals surface area (Å²) in [5.74, 6) is -1.02. The molecule has 1 aliphatic rings. The Labute approximate surface area is 140 Å². The number of allylic oxidation sites excluding steroid dienone is 2. The van der Waals surface area contributed by atoms with Crippen molar-refractivity contribution in [3.63, 3.8) is 0 Å². The highest BCUT2D eigenvalue weighted by Gasteiger charge is 2.22. The lowest BCUT2D eigenvalue weighted by molar-refractivity contribution is -0.385. The fraction of sp³-hybridized carbons (Fsp3) is 0.412. The van der Waals surface area contributed by atoms with E-state index in [-0.39, 0.29) is 29.3 Å². The molecule has 0 atom stereocenters. The molecule has 0 saturated carbocycles. The van der Waals surface area contributed by atoms with Crippen LogP contribution in [-0.4, -0.2) is 34.9 Å². The fourth-order valence-electron chi connectivity index (χ4n) is 2.76. The lowest BCUT2D eigenvalue weighted by Crippen LogP contribution is -2.33. The standard InChI is InChI=1S/C17H20N2O5/c1-3-18(13-7-4-5-8-13)16(20)11-24-17(21)14-9-6-10-15(12(14)2)19(22)23/h6-7,9-10H,3-5,8,11H2,1-2H3. The van der Waals surface area contributed by atoms with Crippen molar-refractivity contribution in [2.75, 3.05) is 13.2 Å². The highest BCUT2D eigenvalue weighted by molar-refractivity contribution is 5.93. The molecule has 0 unspecified atom stereocenters. The van der Waals surface area contributed by atoms with E-state index in [1.54, 1.807) is 4.90 Å². The van der Waals surface area contributed by atoms with Crippen molar-refractivity contribution in [3.8, 4) is 0 Å². The summed E-state index contributed by atoms with van der Waals surface area (Å²) in [7, 11) is 0. The monoisotopic (exact) mass is 332 g/mol. The van der Waals surface area contributed by atoms with Crippen LogP contribution in [0.1, 0.15) is 42.1 Å². The number of carbonyl (C=O) groups excluding carboxylic acids is 2. The van der Waals surface area contributed by atoms with Gasteiger partial charge in [0.25, 0.3) is 11.6 Å². The third-order valence-electron chi connectivity index (χ3n) is 4.03. The van der Waals surface area contributed by atoms with Crippen LogP contribution >= 0.6 is 0 Å². The van der Waals surface area contributed by atoms with Crippen molar-refractivity contribution >= 4 is 17.6 Å². The van der Waals surface area contributed by atoms with E-state index in [0.29, 0.717) is 6.54 Å². The molecule has 0 fully saturated rings. The number of nitrogens with zero attached hydrogens (tertiary/aromatic N) is 2. The smallest absolute Gasteiger partial charge is 0.339 e. The molecule has 0 spiro atoms. The molecule has 1 aliphatic carbocycles. The van der Waals surface area contributed by atoms with Crippen LogP contribution in [0, 0.1) is 17.0 Å². The second-order valence-corrected chi connectivity index (χ2v) is 5.51. The van der Waals surface area contributed by atoms with Crippen LogP contribution in [0.2, 0.25) is 0 Å². The van der Waals surface area contributed by atoms with Gasteiger partial charge >= 0.3 is 5.97 Å². The summed E-state index contributed by atoms with van der Waals surface area (Å²) in [4.78, 5) is 36.4. The number of esters is 1. The van der Waals surface area contributed by atoms with Gasteiger partial charge in [0.1, 0.15) is 0 Å². The maximum atomic E-state index is 12.3. The number of hydrogen-bond donors (Lipinski definition) is 0. The molecule has 0 radical (unpaired) electrons. The minimum atomic E-state index is -0.735. The van der Waals surface area contributed by atoms with Crippen LogP contribution in [0.3, 0.4) is 0 Å². The van der Waals surface area contributed by atoms with E-state index in [0.717, 1.165) is 25.0 Å². The highest BCUT2D eigenvalue weighted by atomic mass is 16.6. The first-order chi connectivity index (χ1) is 11.5. The van der Waals surface area contributed by atoms with E-state index >= 15 is 0 Å². The largest absolute Gasteiger partial charge is 0.452 e. The zero-order chi connectivity index (χ0) is 17.7. The van der Waals surface area contributed by atoms with Crippen LogP contribution in [0.15, 0.2) is 30.0 Å². The summed E-state index contributed by atoms with van der Waals surface area (Å²) < 4.78 is 5.07. The van der Waals surface area contributed by atoms with E-state index in [2.05, 4.69) is 0 Å².